The third-order valence-electron chi connectivity index (χ3n) is 4.72. The lowest BCUT2D eigenvalue weighted by molar-refractivity contribution is -0.386. The van der Waals surface area contributed by atoms with Gasteiger partial charge in [0.1, 0.15) is 11.9 Å². The maximum Gasteiger partial charge on any atom is 0.275 e. The molecule has 7 nitrogen and oxygen atoms in total. The van der Waals surface area contributed by atoms with Crippen LogP contribution in [0.1, 0.15) is 70.5 Å². The van der Waals surface area contributed by atoms with Crippen LogP contribution >= 0.6 is 0 Å². The first kappa shape index (κ1) is 20.2. The largest absolute Gasteiger partial charge is 0.490 e. The number of hydrogen-bond acceptors (Lipinski definition) is 5. The van der Waals surface area contributed by atoms with E-state index in [2.05, 4.69) is 5.32 Å². The van der Waals surface area contributed by atoms with Crippen LogP contribution in [-0.4, -0.2) is 28.1 Å². The molecule has 0 aromatic heterocycles. The second kappa shape index (κ2) is 9.52. The van der Waals surface area contributed by atoms with Crippen molar-refractivity contribution in [3.63, 3.8) is 0 Å². The summed E-state index contributed by atoms with van der Waals surface area (Å²) in [6.07, 6.45) is 4.89. The predicted molar refractivity (Wildman–Crippen MR) is 98.1 cm³/mol. The van der Waals surface area contributed by atoms with Crippen LogP contribution in [0, 0.1) is 10.1 Å². The van der Waals surface area contributed by atoms with E-state index in [9.17, 15) is 20.0 Å². The summed E-state index contributed by atoms with van der Waals surface area (Å²) in [6, 6.07) is 4.58. The van der Waals surface area contributed by atoms with Gasteiger partial charge in [0.25, 0.3) is 5.69 Å². The van der Waals surface area contributed by atoms with Gasteiger partial charge in [-0.15, -0.1) is 0 Å². The lowest BCUT2D eigenvalue weighted by atomic mass is 9.95. The van der Waals surface area contributed by atoms with Gasteiger partial charge < -0.3 is 15.2 Å². The third-order valence-corrected chi connectivity index (χ3v) is 4.72. The van der Waals surface area contributed by atoms with Crippen molar-refractivity contribution in [3.05, 3.63) is 33.9 Å². The van der Waals surface area contributed by atoms with Gasteiger partial charge in [-0.05, 0) is 38.3 Å². The fraction of sp³-hybridized carbons (Fsp3) is 0.632. The molecule has 26 heavy (non-hydrogen) atoms. The Morgan fingerprint density at radius 1 is 1.38 bits per heavy atom. The molecule has 0 heterocycles. The predicted octanol–water partition coefficient (Wildman–Crippen LogP) is 3.64. The van der Waals surface area contributed by atoms with E-state index < -0.39 is 11.0 Å². The van der Waals surface area contributed by atoms with Crippen molar-refractivity contribution in [3.8, 4) is 5.75 Å². The van der Waals surface area contributed by atoms with Crippen LogP contribution in [0.3, 0.4) is 0 Å². The average molecular weight is 364 g/mol. The molecule has 2 N–H and O–H groups in total. The first-order valence-corrected chi connectivity index (χ1v) is 9.33. The SMILES string of the molecule is CCC(O)c1cc(OC(C)CC(=O)NC2CCCCC2)ccc1[N+](=O)[O-]. The number of nitrogens with one attached hydrogen (secondary N) is 1. The highest BCUT2D eigenvalue weighted by Crippen LogP contribution is 2.31. The third kappa shape index (κ3) is 5.69. The molecule has 1 aromatic carbocycles. The molecule has 1 aromatic rings. The molecule has 0 bridgehead atoms. The zero-order chi connectivity index (χ0) is 19.1. The summed E-state index contributed by atoms with van der Waals surface area (Å²) >= 11 is 0. The van der Waals surface area contributed by atoms with E-state index in [-0.39, 0.29) is 35.7 Å². The normalized spacial score (nSPS) is 17.3. The molecule has 2 atom stereocenters. The molecular weight excluding hydrogens is 336 g/mol. The van der Waals surface area contributed by atoms with Gasteiger partial charge in [0, 0.05) is 12.1 Å². The fourth-order valence-electron chi connectivity index (χ4n) is 3.33. The second-order valence-corrected chi connectivity index (χ2v) is 6.94. The number of aliphatic hydroxyl groups excluding tert-OH is 1. The molecule has 1 amide bonds. The Labute approximate surface area is 153 Å². The van der Waals surface area contributed by atoms with Gasteiger partial charge in [-0.25, -0.2) is 0 Å². The van der Waals surface area contributed by atoms with Crippen LogP contribution in [0.25, 0.3) is 0 Å². The summed E-state index contributed by atoms with van der Waals surface area (Å²) in [7, 11) is 0. The second-order valence-electron chi connectivity index (χ2n) is 6.94. The van der Waals surface area contributed by atoms with Crippen molar-refractivity contribution in [2.24, 2.45) is 0 Å². The summed E-state index contributed by atoms with van der Waals surface area (Å²) in [5.41, 5.74) is 0.100. The van der Waals surface area contributed by atoms with Gasteiger partial charge >= 0.3 is 0 Å². The molecule has 1 aliphatic rings. The van der Waals surface area contributed by atoms with E-state index in [0.717, 1.165) is 25.7 Å². The first-order chi connectivity index (χ1) is 12.4. The number of hydrogen-bond donors (Lipinski definition) is 2. The first-order valence-electron chi connectivity index (χ1n) is 9.33. The number of nitro groups is 1. The molecule has 0 aliphatic heterocycles. The van der Waals surface area contributed by atoms with Crippen molar-refractivity contribution in [1.29, 1.82) is 0 Å². The van der Waals surface area contributed by atoms with Crippen LogP contribution in [-0.2, 0) is 4.79 Å². The molecule has 2 unspecified atom stereocenters. The number of ether oxygens (including phenoxy) is 1. The van der Waals surface area contributed by atoms with Crippen molar-refractivity contribution in [2.45, 2.75) is 77.0 Å². The monoisotopic (exact) mass is 364 g/mol. The van der Waals surface area contributed by atoms with Crippen LogP contribution in [0.2, 0.25) is 0 Å². The van der Waals surface area contributed by atoms with Gasteiger partial charge in [0.05, 0.1) is 23.0 Å². The topological polar surface area (TPSA) is 102 Å². The van der Waals surface area contributed by atoms with Crippen LogP contribution in [0.15, 0.2) is 18.2 Å². The highest BCUT2D eigenvalue weighted by molar-refractivity contribution is 5.76. The number of carbonyl (C=O) groups is 1. The minimum atomic E-state index is -0.927. The Balaban J connectivity index is 1.96. The summed E-state index contributed by atoms with van der Waals surface area (Å²) < 4.78 is 5.75. The number of rotatable bonds is 8. The van der Waals surface area contributed by atoms with Gasteiger partial charge in [0.2, 0.25) is 5.91 Å². The minimum Gasteiger partial charge on any atom is -0.490 e. The van der Waals surface area contributed by atoms with Crippen molar-refractivity contribution in [1.82, 2.24) is 5.32 Å². The van der Waals surface area contributed by atoms with E-state index in [0.29, 0.717) is 12.2 Å². The van der Waals surface area contributed by atoms with Crippen LogP contribution in [0.4, 0.5) is 5.69 Å². The van der Waals surface area contributed by atoms with Gasteiger partial charge in [0.15, 0.2) is 0 Å². The fourth-order valence-corrected chi connectivity index (χ4v) is 3.33. The summed E-state index contributed by atoms with van der Waals surface area (Å²) in [4.78, 5) is 22.8. The molecule has 1 aliphatic carbocycles. The lowest BCUT2D eigenvalue weighted by Gasteiger charge is -2.23. The molecule has 0 saturated heterocycles. The van der Waals surface area contributed by atoms with E-state index in [1.807, 2.05) is 0 Å². The highest BCUT2D eigenvalue weighted by Gasteiger charge is 2.22. The van der Waals surface area contributed by atoms with Crippen molar-refractivity contribution >= 4 is 11.6 Å². The van der Waals surface area contributed by atoms with Crippen molar-refractivity contribution < 1.29 is 19.6 Å². The van der Waals surface area contributed by atoms with E-state index in [1.54, 1.807) is 13.8 Å². The Morgan fingerprint density at radius 3 is 2.69 bits per heavy atom. The Bertz CT molecular complexity index is 628. The molecule has 0 spiro atoms. The Morgan fingerprint density at radius 2 is 2.08 bits per heavy atom. The summed E-state index contributed by atoms with van der Waals surface area (Å²) in [6.45, 7) is 3.54. The van der Waals surface area contributed by atoms with Gasteiger partial charge in [-0.1, -0.05) is 26.2 Å². The molecule has 1 saturated carbocycles. The number of nitro benzene ring substituents is 1. The minimum absolute atomic E-state index is 0.0415. The Kier molecular flexibility index (Phi) is 7.38. The highest BCUT2D eigenvalue weighted by atomic mass is 16.6. The smallest absolute Gasteiger partial charge is 0.275 e. The molecule has 2 rings (SSSR count). The van der Waals surface area contributed by atoms with E-state index in [1.165, 1.54) is 24.6 Å². The lowest BCUT2D eigenvalue weighted by Crippen LogP contribution is -2.38. The van der Waals surface area contributed by atoms with E-state index >= 15 is 0 Å². The summed E-state index contributed by atoms with van der Waals surface area (Å²) in [5, 5.41) is 24.2. The molecular formula is C19H28N2O5. The molecule has 144 valence electrons. The molecule has 1 fully saturated rings. The number of carbonyl (C=O) groups excluding carboxylic acids is 1. The number of amides is 1. The molecule has 0 radical (unpaired) electrons. The average Bonchev–Trinajstić information content (AvgIpc) is 2.61. The van der Waals surface area contributed by atoms with Crippen LogP contribution < -0.4 is 10.1 Å². The zero-order valence-corrected chi connectivity index (χ0v) is 15.4. The zero-order valence-electron chi connectivity index (χ0n) is 15.4. The summed E-state index contributed by atoms with van der Waals surface area (Å²) in [5.74, 6) is 0.371. The van der Waals surface area contributed by atoms with Crippen molar-refractivity contribution in [2.75, 3.05) is 0 Å². The van der Waals surface area contributed by atoms with Gasteiger partial charge in [-0.2, -0.15) is 0 Å². The number of nitrogens with zero attached hydrogens (tertiary/aromatic N) is 1. The van der Waals surface area contributed by atoms with Crippen LogP contribution in [0.5, 0.6) is 5.75 Å². The van der Waals surface area contributed by atoms with Gasteiger partial charge in [-0.3, -0.25) is 14.9 Å². The maximum absolute atomic E-state index is 12.2. The standard InChI is InChI=1S/C19H28N2O5/c1-3-18(22)16-12-15(9-10-17(16)21(24)25)26-13(2)11-19(23)20-14-7-5-4-6-8-14/h9-10,12-14,18,22H,3-8,11H2,1-2H3,(H,20,23). The Hall–Kier alpha value is -2.15. The number of benzene rings is 1. The quantitative estimate of drug-likeness (QED) is 0.541. The number of aliphatic hydroxyl groups is 1. The van der Waals surface area contributed by atoms with E-state index in [4.69, 9.17) is 4.74 Å². The maximum atomic E-state index is 12.2. The molecule has 7 heteroatoms.